The van der Waals surface area contributed by atoms with Crippen LogP contribution in [0.5, 0.6) is 0 Å². The molecule has 46 heavy (non-hydrogen) atoms. The van der Waals surface area contributed by atoms with Gasteiger partial charge in [0.25, 0.3) is 0 Å². The van der Waals surface area contributed by atoms with Gasteiger partial charge >= 0.3 is 0 Å². The van der Waals surface area contributed by atoms with Crippen LogP contribution in [0.1, 0.15) is 96.6 Å². The molecule has 1 nitrogen and oxygen atoms in total. The fourth-order valence-electron chi connectivity index (χ4n) is 4.56. The third-order valence-corrected chi connectivity index (χ3v) is 11.7. The second-order valence-corrected chi connectivity index (χ2v) is 15.5. The Bertz CT molecular complexity index is 2120. The van der Waals surface area contributed by atoms with Crippen LogP contribution in [-0.2, 0) is 30.5 Å². The third kappa shape index (κ3) is 8.75. The smallest absolute Gasteiger partial charge is 0.190 e. The minimum absolute atomic E-state index is 0.0797. The molecule has 228 valence electrons. The predicted octanol–water partition coefficient (Wildman–Crippen LogP) is 10.4. The number of rotatable bonds is 5. The highest BCUT2D eigenvalue weighted by molar-refractivity contribution is 8.13. The Morgan fingerprint density at radius 1 is 0.565 bits per heavy atom. The maximum atomic E-state index is 11.3. The zero-order chi connectivity index (χ0) is 32.5. The second-order valence-electron chi connectivity index (χ2n) is 10.2. The highest BCUT2D eigenvalue weighted by Gasteiger charge is 2.09. The molecule has 0 unspecified atom stereocenters. The van der Waals surface area contributed by atoms with Crippen molar-refractivity contribution in [3.05, 3.63) is 116 Å². The van der Waals surface area contributed by atoms with Gasteiger partial charge in [-0.15, -0.1) is 45.3 Å². The molecule has 0 N–H and O–H groups in total. The molecule has 5 aromatic rings. The molecule has 0 aliphatic carbocycles. The van der Waals surface area contributed by atoms with Gasteiger partial charge in [-0.25, -0.2) is 0 Å². The van der Waals surface area contributed by atoms with Gasteiger partial charge in [-0.2, -0.15) is 0 Å². The van der Waals surface area contributed by atoms with E-state index in [0.717, 1.165) is 70.3 Å². The summed E-state index contributed by atoms with van der Waals surface area (Å²) in [5.74, 6) is 27.1. The van der Waals surface area contributed by atoms with Gasteiger partial charge in [-0.3, -0.25) is 4.79 Å². The fourth-order valence-corrected chi connectivity index (χ4v) is 8.88. The first-order valence-electron chi connectivity index (χ1n) is 15.2. The highest BCUT2D eigenvalue weighted by atomic mass is 32.2. The molecule has 1 aromatic carbocycles. The number of carbonyl (C=O) groups is 1. The van der Waals surface area contributed by atoms with Gasteiger partial charge in [0.1, 0.15) is 0 Å². The molecule has 0 amide bonds. The average Bonchev–Trinajstić information content (AvgIpc) is 3.86. The summed E-state index contributed by atoms with van der Waals surface area (Å²) in [4.78, 5) is 19.8. The third-order valence-electron chi connectivity index (χ3n) is 7.03. The molecule has 0 aliphatic heterocycles. The summed E-state index contributed by atoms with van der Waals surface area (Å²) >= 11 is 7.94. The molecular formula is C40H32OS5. The van der Waals surface area contributed by atoms with Crippen LogP contribution in [0.25, 0.3) is 0 Å². The van der Waals surface area contributed by atoms with Gasteiger partial charge in [0.05, 0.1) is 34.1 Å². The summed E-state index contributed by atoms with van der Waals surface area (Å²) in [5, 5.41) is 2.20. The van der Waals surface area contributed by atoms with Gasteiger partial charge in [-0.1, -0.05) is 51.3 Å². The second kappa shape index (κ2) is 16.2. The fraction of sp³-hybridized carbons (Fsp3) is 0.225. The summed E-state index contributed by atoms with van der Waals surface area (Å²) in [6.45, 7) is 10.2. The minimum atomic E-state index is 0.0797. The first-order chi connectivity index (χ1) is 22.4. The predicted molar refractivity (Wildman–Crippen MR) is 202 cm³/mol. The largest absolute Gasteiger partial charge is 0.287 e. The van der Waals surface area contributed by atoms with Crippen molar-refractivity contribution >= 4 is 62.2 Å². The van der Waals surface area contributed by atoms with Crippen LogP contribution in [0.15, 0.2) is 58.8 Å². The Balaban J connectivity index is 1.34. The molecule has 0 saturated carbocycles. The molecule has 0 aliphatic rings. The Morgan fingerprint density at radius 3 is 1.43 bits per heavy atom. The van der Waals surface area contributed by atoms with Crippen LogP contribution in [0.2, 0.25) is 0 Å². The number of thioether (sulfide) groups is 1. The number of aryl methyl sites for hydroxylation is 4. The van der Waals surface area contributed by atoms with Crippen LogP contribution in [0.4, 0.5) is 0 Å². The molecule has 0 bridgehead atoms. The Morgan fingerprint density at radius 2 is 1.00 bits per heavy atom. The topological polar surface area (TPSA) is 17.1 Å². The lowest BCUT2D eigenvalue weighted by Gasteiger charge is -1.96. The molecule has 0 atom stereocenters. The number of hydrogen-bond donors (Lipinski definition) is 0. The lowest BCUT2D eigenvalue weighted by Crippen LogP contribution is -1.82. The van der Waals surface area contributed by atoms with E-state index in [1.54, 1.807) is 52.3 Å². The number of thiophene rings is 4. The van der Waals surface area contributed by atoms with Crippen molar-refractivity contribution in [3.8, 4) is 47.4 Å². The normalized spacial score (nSPS) is 10.1. The molecule has 5 rings (SSSR count). The Hall–Kier alpha value is -3.72. The quantitative estimate of drug-likeness (QED) is 0.135. The van der Waals surface area contributed by atoms with E-state index in [9.17, 15) is 4.79 Å². The van der Waals surface area contributed by atoms with E-state index in [-0.39, 0.29) is 5.12 Å². The van der Waals surface area contributed by atoms with E-state index in [2.05, 4.69) is 105 Å². The number of benzene rings is 1. The van der Waals surface area contributed by atoms with Crippen molar-refractivity contribution in [2.45, 2.75) is 65.2 Å². The first kappa shape index (κ1) is 33.6. The van der Waals surface area contributed by atoms with E-state index in [0.29, 0.717) is 0 Å². The van der Waals surface area contributed by atoms with Crippen molar-refractivity contribution in [1.29, 1.82) is 0 Å². The van der Waals surface area contributed by atoms with E-state index in [1.165, 1.54) is 34.0 Å². The molecular weight excluding hydrogens is 657 g/mol. The van der Waals surface area contributed by atoms with Gasteiger partial charge in [0.15, 0.2) is 5.12 Å². The van der Waals surface area contributed by atoms with Crippen LogP contribution in [0.3, 0.4) is 0 Å². The summed E-state index contributed by atoms with van der Waals surface area (Å²) in [6, 6.07) is 16.5. The molecule has 0 saturated heterocycles. The van der Waals surface area contributed by atoms with Gasteiger partial charge in [-0.05, 0) is 137 Å². The molecule has 0 spiro atoms. The molecule has 4 aromatic heterocycles. The molecule has 4 heterocycles. The molecule has 0 radical (unpaired) electrons. The number of carbonyl (C=O) groups excluding carboxylic acids is 1. The maximum Gasteiger partial charge on any atom is 0.190 e. The first-order valence-corrected chi connectivity index (χ1v) is 19.3. The van der Waals surface area contributed by atoms with E-state index >= 15 is 0 Å². The lowest BCUT2D eigenvalue weighted by atomic mass is 10.1. The van der Waals surface area contributed by atoms with E-state index in [4.69, 9.17) is 0 Å². The highest BCUT2D eigenvalue weighted by Crippen LogP contribution is 2.26. The zero-order valence-electron chi connectivity index (χ0n) is 26.5. The van der Waals surface area contributed by atoms with E-state index < -0.39 is 0 Å². The van der Waals surface area contributed by atoms with Crippen LogP contribution in [-0.4, -0.2) is 5.12 Å². The van der Waals surface area contributed by atoms with Crippen molar-refractivity contribution < 1.29 is 4.79 Å². The van der Waals surface area contributed by atoms with Crippen molar-refractivity contribution in [3.63, 3.8) is 0 Å². The van der Waals surface area contributed by atoms with E-state index in [1.807, 2.05) is 24.3 Å². The monoisotopic (exact) mass is 688 g/mol. The van der Waals surface area contributed by atoms with Crippen LogP contribution < -0.4 is 0 Å². The Labute approximate surface area is 293 Å². The summed E-state index contributed by atoms with van der Waals surface area (Å²) < 4.78 is 0. The maximum absolute atomic E-state index is 11.3. The SMILES string of the molecule is CCc1ccsc1C#Cc1cc(CC)c(C#Cc2cc(CC)c(C#Cc3cc(CC)c(C#Cc4ccc(SC(C)=O)cc4)s3)s2)s1. The summed E-state index contributed by atoms with van der Waals surface area (Å²) in [5.41, 5.74) is 5.95. The Kier molecular flexibility index (Phi) is 11.9. The van der Waals surface area contributed by atoms with Gasteiger partial charge in [0, 0.05) is 17.4 Å². The van der Waals surface area contributed by atoms with Gasteiger partial charge in [0.2, 0.25) is 0 Å². The average molecular weight is 689 g/mol. The molecule has 6 heteroatoms. The minimum Gasteiger partial charge on any atom is -0.287 e. The van der Waals surface area contributed by atoms with Gasteiger partial charge < -0.3 is 0 Å². The van der Waals surface area contributed by atoms with Crippen molar-refractivity contribution in [2.75, 3.05) is 0 Å². The number of hydrogen-bond acceptors (Lipinski definition) is 6. The summed E-state index contributed by atoms with van der Waals surface area (Å²) in [6.07, 6.45) is 3.75. The van der Waals surface area contributed by atoms with Crippen LogP contribution >= 0.6 is 57.1 Å². The zero-order valence-corrected chi connectivity index (χ0v) is 30.6. The standard InChI is InChI=1S/C40H32OS5/c1-6-29-22-23-42-37(29)19-15-34-25-31(8-3)39(45-34)21-17-36-26-32(9-4)40(46-36)20-16-35-24-30(7-2)38(44-35)18-12-28-10-13-33(14-11-28)43-27(5)41/h10-11,13-14,22-26H,6-9H2,1-5H3. The lowest BCUT2D eigenvalue weighted by molar-refractivity contribution is -0.109. The van der Waals surface area contributed by atoms with Crippen LogP contribution in [0, 0.1) is 47.4 Å². The van der Waals surface area contributed by atoms with Crippen molar-refractivity contribution in [1.82, 2.24) is 0 Å². The molecule has 0 fully saturated rings. The van der Waals surface area contributed by atoms with Crippen molar-refractivity contribution in [2.24, 2.45) is 0 Å². The summed E-state index contributed by atoms with van der Waals surface area (Å²) in [7, 11) is 0.